The van der Waals surface area contributed by atoms with Gasteiger partial charge in [0.1, 0.15) is 18.4 Å². The third kappa shape index (κ3) is 7.13. The van der Waals surface area contributed by atoms with Crippen LogP contribution in [0.15, 0.2) is 54.6 Å². The molecule has 9 nitrogen and oxygen atoms in total. The largest absolute Gasteiger partial charge is 0.497 e. The molecule has 1 aliphatic rings. The number of anilines is 1. The number of aliphatic carboxylic acids is 1. The van der Waals surface area contributed by atoms with E-state index < -0.39 is 18.1 Å². The number of carboxylic acids is 1. The normalized spacial score (nSPS) is 14.3. The first-order valence-electron chi connectivity index (χ1n) is 10.8. The second-order valence-corrected chi connectivity index (χ2v) is 7.70. The summed E-state index contributed by atoms with van der Waals surface area (Å²) in [7, 11) is 1.62. The highest BCUT2D eigenvalue weighted by Gasteiger charge is 2.25. The van der Waals surface area contributed by atoms with Gasteiger partial charge in [-0.1, -0.05) is 30.3 Å². The molecule has 0 aliphatic carbocycles. The zero-order chi connectivity index (χ0) is 23.6. The highest BCUT2D eigenvalue weighted by atomic mass is 16.5. The summed E-state index contributed by atoms with van der Waals surface area (Å²) in [6.07, 6.45) is -0.807. The molecule has 0 radical (unpaired) electrons. The summed E-state index contributed by atoms with van der Waals surface area (Å²) in [6, 6.07) is 15.7. The molecule has 1 aliphatic heterocycles. The van der Waals surface area contributed by atoms with Crippen molar-refractivity contribution in [3.63, 3.8) is 0 Å². The Morgan fingerprint density at radius 3 is 2.27 bits per heavy atom. The average Bonchev–Trinajstić information content (AvgIpc) is 2.85. The molecule has 2 N–H and O–H groups in total. The van der Waals surface area contributed by atoms with Gasteiger partial charge < -0.3 is 29.7 Å². The van der Waals surface area contributed by atoms with Crippen LogP contribution in [-0.4, -0.2) is 67.3 Å². The highest BCUT2D eigenvalue weighted by Crippen LogP contribution is 2.20. The smallest absolute Gasteiger partial charge is 0.408 e. The number of hydrogen-bond acceptors (Lipinski definition) is 6. The molecule has 0 aromatic heterocycles. The molecule has 2 aromatic carbocycles. The summed E-state index contributed by atoms with van der Waals surface area (Å²) in [5.41, 5.74) is 1.86. The topological polar surface area (TPSA) is 108 Å². The number of rotatable bonds is 9. The van der Waals surface area contributed by atoms with E-state index in [1.54, 1.807) is 24.1 Å². The van der Waals surface area contributed by atoms with Crippen LogP contribution in [0.3, 0.4) is 0 Å². The number of alkyl carbamates (subject to hydrolysis) is 1. The van der Waals surface area contributed by atoms with Gasteiger partial charge >= 0.3 is 12.1 Å². The van der Waals surface area contributed by atoms with Gasteiger partial charge in [-0.05, 0) is 36.2 Å². The zero-order valence-corrected chi connectivity index (χ0v) is 18.6. The number of ether oxygens (including phenoxy) is 2. The van der Waals surface area contributed by atoms with Crippen molar-refractivity contribution in [3.05, 3.63) is 60.2 Å². The Bertz CT molecular complexity index is 927. The molecule has 0 saturated carbocycles. The van der Waals surface area contributed by atoms with E-state index in [1.807, 2.05) is 42.5 Å². The SMILES string of the molecule is COc1ccc(N2CCN(C(=O)CC[C@H](NC(=O)OCc3ccccc3)C(=O)O)CC2)cc1. The first kappa shape index (κ1) is 23.9. The average molecular weight is 456 g/mol. The van der Waals surface area contributed by atoms with E-state index in [2.05, 4.69) is 10.2 Å². The molecule has 1 fully saturated rings. The Morgan fingerprint density at radius 2 is 1.67 bits per heavy atom. The number of methoxy groups -OCH3 is 1. The lowest BCUT2D eigenvalue weighted by Crippen LogP contribution is -2.49. The van der Waals surface area contributed by atoms with E-state index in [-0.39, 0.29) is 25.4 Å². The maximum atomic E-state index is 12.6. The van der Waals surface area contributed by atoms with Crippen molar-refractivity contribution < 1.29 is 29.0 Å². The molecule has 2 amide bonds. The second kappa shape index (κ2) is 11.8. The molecule has 1 atom stereocenters. The van der Waals surface area contributed by atoms with Crippen LogP contribution in [0, 0.1) is 0 Å². The van der Waals surface area contributed by atoms with Crippen LogP contribution < -0.4 is 15.0 Å². The number of nitrogens with zero attached hydrogens (tertiary/aromatic N) is 2. The molecule has 1 saturated heterocycles. The number of carboxylic acid groups (broad SMARTS) is 1. The Balaban J connectivity index is 1.42. The Kier molecular flexibility index (Phi) is 8.51. The molecule has 0 spiro atoms. The summed E-state index contributed by atoms with van der Waals surface area (Å²) in [5, 5.41) is 11.8. The lowest BCUT2D eigenvalue weighted by atomic mass is 10.1. The number of amides is 2. The number of piperazine rings is 1. The summed E-state index contributed by atoms with van der Waals surface area (Å²) in [5.74, 6) is -0.544. The third-order valence-corrected chi connectivity index (χ3v) is 5.52. The Labute approximate surface area is 192 Å². The van der Waals surface area contributed by atoms with Crippen molar-refractivity contribution >= 4 is 23.7 Å². The predicted octanol–water partition coefficient (Wildman–Crippen LogP) is 2.50. The highest BCUT2D eigenvalue weighted by molar-refractivity contribution is 5.82. The van der Waals surface area contributed by atoms with E-state index in [0.717, 1.165) is 17.0 Å². The van der Waals surface area contributed by atoms with Gasteiger partial charge in [0.15, 0.2) is 0 Å². The summed E-state index contributed by atoms with van der Waals surface area (Å²) < 4.78 is 10.3. The molecule has 0 bridgehead atoms. The Hall–Kier alpha value is -3.75. The predicted molar refractivity (Wildman–Crippen MR) is 122 cm³/mol. The van der Waals surface area contributed by atoms with Crippen LogP contribution >= 0.6 is 0 Å². The quantitative estimate of drug-likeness (QED) is 0.598. The minimum absolute atomic E-state index is 0.00665. The fourth-order valence-electron chi connectivity index (χ4n) is 3.60. The van der Waals surface area contributed by atoms with Crippen LogP contribution in [0.25, 0.3) is 0 Å². The van der Waals surface area contributed by atoms with Crippen molar-refractivity contribution in [2.45, 2.75) is 25.5 Å². The molecule has 1 heterocycles. The van der Waals surface area contributed by atoms with Gasteiger partial charge in [-0.15, -0.1) is 0 Å². The number of carbonyl (C=O) groups excluding carboxylic acids is 2. The Morgan fingerprint density at radius 1 is 1.00 bits per heavy atom. The van der Waals surface area contributed by atoms with Gasteiger partial charge in [0, 0.05) is 38.3 Å². The van der Waals surface area contributed by atoms with Crippen LogP contribution in [0.5, 0.6) is 5.75 Å². The van der Waals surface area contributed by atoms with Gasteiger partial charge in [-0.2, -0.15) is 0 Å². The van der Waals surface area contributed by atoms with Gasteiger partial charge in [-0.25, -0.2) is 9.59 Å². The molecular weight excluding hydrogens is 426 g/mol. The van der Waals surface area contributed by atoms with E-state index in [0.29, 0.717) is 26.2 Å². The first-order valence-corrected chi connectivity index (χ1v) is 10.8. The second-order valence-electron chi connectivity index (χ2n) is 7.70. The summed E-state index contributed by atoms with van der Waals surface area (Å²) in [6.45, 7) is 2.51. The number of carbonyl (C=O) groups is 3. The van der Waals surface area contributed by atoms with Crippen molar-refractivity contribution in [2.24, 2.45) is 0 Å². The minimum Gasteiger partial charge on any atom is -0.497 e. The summed E-state index contributed by atoms with van der Waals surface area (Å²) >= 11 is 0. The maximum Gasteiger partial charge on any atom is 0.408 e. The lowest BCUT2D eigenvalue weighted by molar-refractivity contribution is -0.140. The van der Waals surface area contributed by atoms with E-state index >= 15 is 0 Å². The van der Waals surface area contributed by atoms with E-state index in [9.17, 15) is 19.5 Å². The third-order valence-electron chi connectivity index (χ3n) is 5.52. The number of nitrogens with one attached hydrogen (secondary N) is 1. The van der Waals surface area contributed by atoms with Crippen molar-refractivity contribution in [1.29, 1.82) is 0 Å². The molecule has 9 heteroatoms. The monoisotopic (exact) mass is 455 g/mol. The lowest BCUT2D eigenvalue weighted by Gasteiger charge is -2.36. The van der Waals surface area contributed by atoms with Gasteiger partial charge in [0.25, 0.3) is 0 Å². The van der Waals surface area contributed by atoms with Gasteiger partial charge in [0.2, 0.25) is 5.91 Å². The van der Waals surface area contributed by atoms with E-state index in [1.165, 1.54) is 0 Å². The molecular formula is C24H29N3O6. The van der Waals surface area contributed by atoms with Crippen molar-refractivity contribution in [3.8, 4) is 5.75 Å². The fourth-order valence-corrected chi connectivity index (χ4v) is 3.60. The minimum atomic E-state index is -1.20. The molecule has 2 aromatic rings. The van der Waals surface area contributed by atoms with Gasteiger partial charge in [-0.3, -0.25) is 4.79 Å². The van der Waals surface area contributed by atoms with Crippen LogP contribution in [0.2, 0.25) is 0 Å². The van der Waals surface area contributed by atoms with Crippen LogP contribution in [0.1, 0.15) is 18.4 Å². The van der Waals surface area contributed by atoms with Crippen molar-refractivity contribution in [1.82, 2.24) is 10.2 Å². The number of benzene rings is 2. The first-order chi connectivity index (χ1) is 16.0. The zero-order valence-electron chi connectivity index (χ0n) is 18.6. The van der Waals surface area contributed by atoms with Crippen molar-refractivity contribution in [2.75, 3.05) is 38.2 Å². The molecule has 0 unspecified atom stereocenters. The molecule has 33 heavy (non-hydrogen) atoms. The summed E-state index contributed by atoms with van der Waals surface area (Å²) in [4.78, 5) is 40.0. The van der Waals surface area contributed by atoms with E-state index in [4.69, 9.17) is 9.47 Å². The molecule has 3 rings (SSSR count). The van der Waals surface area contributed by atoms with Gasteiger partial charge in [0.05, 0.1) is 7.11 Å². The standard InChI is InChI=1S/C24H29N3O6/c1-32-20-9-7-19(8-10-20)26-13-15-27(16-14-26)22(28)12-11-21(23(29)30)25-24(31)33-17-18-5-3-2-4-6-18/h2-10,21H,11-17H2,1H3,(H,25,31)(H,29,30)/t21-/m0/s1. The molecule has 176 valence electrons. The van der Waals surface area contributed by atoms with Crippen LogP contribution in [-0.2, 0) is 20.9 Å². The maximum absolute atomic E-state index is 12.6. The fraction of sp³-hybridized carbons (Fsp3) is 0.375. The van der Waals surface area contributed by atoms with Crippen LogP contribution in [0.4, 0.5) is 10.5 Å². The number of hydrogen-bond donors (Lipinski definition) is 2.